The number of aromatic nitrogens is 1. The number of hydrogen-bond donors (Lipinski definition) is 2. The molecule has 1 aromatic carbocycles. The van der Waals surface area contributed by atoms with E-state index in [2.05, 4.69) is 57.5 Å². The second kappa shape index (κ2) is 13.9. The van der Waals surface area contributed by atoms with Gasteiger partial charge in [0.1, 0.15) is 5.82 Å². The molecule has 39 heavy (non-hydrogen) atoms. The zero-order chi connectivity index (χ0) is 28.5. The van der Waals surface area contributed by atoms with Crippen molar-refractivity contribution in [2.75, 3.05) is 68.8 Å². The van der Waals surface area contributed by atoms with Crippen LogP contribution in [0, 0.1) is 5.92 Å². The minimum absolute atomic E-state index is 0.0640. The van der Waals surface area contributed by atoms with Crippen LogP contribution in [0.1, 0.15) is 33.3 Å². The number of likely N-dealkylation sites (N-methyl/N-ethyl adjacent to an activating group) is 1. The van der Waals surface area contributed by atoms with Crippen molar-refractivity contribution in [3.63, 3.8) is 0 Å². The van der Waals surface area contributed by atoms with Crippen LogP contribution < -0.4 is 16.0 Å². The summed E-state index contributed by atoms with van der Waals surface area (Å²) in [5, 5.41) is 2.58. The number of anilines is 3. The normalized spacial score (nSPS) is 17.9. The number of pyridine rings is 1. The summed E-state index contributed by atoms with van der Waals surface area (Å²) < 4.78 is 0. The number of hydrogen-bond acceptors (Lipinski definition) is 7. The van der Waals surface area contributed by atoms with Gasteiger partial charge in [-0.25, -0.2) is 4.98 Å². The summed E-state index contributed by atoms with van der Waals surface area (Å²) in [5.74, 6) is -0.933. The van der Waals surface area contributed by atoms with Crippen LogP contribution in [-0.4, -0.2) is 96.3 Å². The number of rotatable bonds is 4. The van der Waals surface area contributed by atoms with E-state index in [-0.39, 0.29) is 17.9 Å². The Balaban J connectivity index is 0.000000268. The van der Waals surface area contributed by atoms with Crippen molar-refractivity contribution in [1.82, 2.24) is 19.7 Å². The molecule has 3 amide bonds. The van der Waals surface area contributed by atoms with Crippen LogP contribution >= 0.6 is 0 Å². The minimum atomic E-state index is -0.713. The summed E-state index contributed by atoms with van der Waals surface area (Å²) in [6.45, 7) is 13.3. The molecule has 1 atom stereocenters. The van der Waals surface area contributed by atoms with Gasteiger partial charge in [-0.2, -0.15) is 0 Å². The Labute approximate surface area is 232 Å². The quantitative estimate of drug-likeness (QED) is 0.575. The van der Waals surface area contributed by atoms with Crippen molar-refractivity contribution in [2.24, 2.45) is 5.92 Å². The van der Waals surface area contributed by atoms with Gasteiger partial charge in [-0.1, -0.05) is 39.0 Å². The maximum absolute atomic E-state index is 12.4. The molecule has 0 saturated carbocycles. The molecule has 2 aliphatic heterocycles. The lowest BCUT2D eigenvalue weighted by molar-refractivity contribution is -0.148. The molecule has 2 fully saturated rings. The van der Waals surface area contributed by atoms with Crippen molar-refractivity contribution in [2.45, 2.75) is 40.2 Å². The number of amides is 3. The highest BCUT2D eigenvalue weighted by Gasteiger charge is 2.33. The number of nitrogens with zero attached hydrogens (tertiary/aromatic N) is 5. The zero-order valence-electron chi connectivity index (χ0n) is 23.9. The Morgan fingerprint density at radius 2 is 1.72 bits per heavy atom. The van der Waals surface area contributed by atoms with E-state index in [0.29, 0.717) is 37.6 Å². The highest BCUT2D eigenvalue weighted by atomic mass is 16.2. The number of nitrogen functional groups attached to an aromatic ring is 1. The Morgan fingerprint density at radius 1 is 1.05 bits per heavy atom. The molecule has 0 bridgehead atoms. The fourth-order valence-corrected chi connectivity index (χ4v) is 4.71. The lowest BCUT2D eigenvalue weighted by Crippen LogP contribution is -2.57. The van der Waals surface area contributed by atoms with Crippen molar-refractivity contribution >= 4 is 34.9 Å². The molecule has 2 aromatic rings. The number of nitrogens with one attached hydrogen (secondary N) is 1. The molecule has 1 unspecified atom stereocenters. The van der Waals surface area contributed by atoms with Gasteiger partial charge in [0.05, 0.1) is 11.9 Å². The maximum atomic E-state index is 12.4. The summed E-state index contributed by atoms with van der Waals surface area (Å²) in [5.41, 5.74) is 8.36. The maximum Gasteiger partial charge on any atom is 0.313 e. The van der Waals surface area contributed by atoms with Gasteiger partial charge in [0.25, 0.3) is 0 Å². The average Bonchev–Trinajstić information content (AvgIpc) is 2.94. The van der Waals surface area contributed by atoms with Crippen LogP contribution in [0.3, 0.4) is 0 Å². The lowest BCUT2D eigenvalue weighted by atomic mass is 10.1. The third-order valence-corrected chi connectivity index (χ3v) is 7.15. The topological polar surface area (TPSA) is 115 Å². The number of benzene rings is 1. The Hall–Kier alpha value is -3.66. The standard InChI is InChI=1S/C18H27N5O3.C11H16N2/c1-5-13-8-14(9-20-15(13)19)21-16(24)18(26)22-6-7-23(12(4)10-22)17(25)11(2)3;1-12-7-9-13(10-8-12)11-5-3-2-4-6-11/h8-9,11-12H,5-7,10H2,1-4H3,(H2,19,20)(H,21,24);2-6H,7-10H2,1H3. The number of carbonyl (C=O) groups is 3. The molecular formula is C29H43N7O3. The SMILES string of the molecule is CCc1cc(NC(=O)C(=O)N2CCN(C(=O)C(C)C)C(C)C2)cnc1N.CN1CCN(c2ccccc2)CC1. The van der Waals surface area contributed by atoms with Crippen LogP contribution in [0.5, 0.6) is 0 Å². The Bertz CT molecular complexity index is 1120. The highest BCUT2D eigenvalue weighted by molar-refractivity contribution is 6.39. The third kappa shape index (κ3) is 8.16. The van der Waals surface area contributed by atoms with Gasteiger partial charge >= 0.3 is 11.8 Å². The highest BCUT2D eigenvalue weighted by Crippen LogP contribution is 2.17. The molecule has 3 heterocycles. The summed E-state index contributed by atoms with van der Waals surface area (Å²) in [7, 11) is 2.18. The second-order valence-corrected chi connectivity index (χ2v) is 10.5. The summed E-state index contributed by atoms with van der Waals surface area (Å²) in [4.78, 5) is 49.0. The molecule has 3 N–H and O–H groups in total. The monoisotopic (exact) mass is 537 g/mol. The molecule has 212 valence electrons. The van der Waals surface area contributed by atoms with E-state index in [0.717, 1.165) is 18.7 Å². The molecule has 2 aliphatic rings. The van der Waals surface area contributed by atoms with E-state index in [1.807, 2.05) is 27.7 Å². The molecule has 10 heteroatoms. The van der Waals surface area contributed by atoms with E-state index < -0.39 is 11.8 Å². The molecule has 0 radical (unpaired) electrons. The second-order valence-electron chi connectivity index (χ2n) is 10.5. The van der Waals surface area contributed by atoms with E-state index in [1.54, 1.807) is 11.0 Å². The summed E-state index contributed by atoms with van der Waals surface area (Å²) in [6.07, 6.45) is 2.11. The largest absolute Gasteiger partial charge is 0.383 e. The predicted octanol–water partition coefficient (Wildman–Crippen LogP) is 2.32. The number of carbonyl (C=O) groups excluding carboxylic acids is 3. The van der Waals surface area contributed by atoms with E-state index >= 15 is 0 Å². The smallest absolute Gasteiger partial charge is 0.313 e. The zero-order valence-corrected chi connectivity index (χ0v) is 23.9. The van der Waals surface area contributed by atoms with Crippen LogP contribution in [0.4, 0.5) is 17.2 Å². The first-order valence-corrected chi connectivity index (χ1v) is 13.7. The average molecular weight is 538 g/mol. The van der Waals surface area contributed by atoms with Gasteiger partial charge in [-0.05, 0) is 44.2 Å². The first kappa shape index (κ1) is 29.9. The number of nitrogens with two attached hydrogens (primary N) is 1. The van der Waals surface area contributed by atoms with Gasteiger partial charge < -0.3 is 30.7 Å². The summed E-state index contributed by atoms with van der Waals surface area (Å²) in [6, 6.07) is 12.2. The van der Waals surface area contributed by atoms with Crippen LogP contribution in [-0.2, 0) is 20.8 Å². The lowest BCUT2D eigenvalue weighted by Gasteiger charge is -2.40. The van der Waals surface area contributed by atoms with E-state index in [9.17, 15) is 14.4 Å². The molecule has 2 saturated heterocycles. The predicted molar refractivity (Wildman–Crippen MR) is 155 cm³/mol. The van der Waals surface area contributed by atoms with E-state index in [4.69, 9.17) is 5.73 Å². The van der Waals surface area contributed by atoms with Gasteiger partial charge in [-0.3, -0.25) is 14.4 Å². The number of aryl methyl sites for hydroxylation is 1. The van der Waals surface area contributed by atoms with Crippen molar-refractivity contribution < 1.29 is 14.4 Å². The third-order valence-electron chi connectivity index (χ3n) is 7.15. The fourth-order valence-electron chi connectivity index (χ4n) is 4.71. The summed E-state index contributed by atoms with van der Waals surface area (Å²) >= 11 is 0. The minimum Gasteiger partial charge on any atom is -0.383 e. The molecule has 10 nitrogen and oxygen atoms in total. The van der Waals surface area contributed by atoms with Gasteiger partial charge in [0.15, 0.2) is 0 Å². The van der Waals surface area contributed by atoms with Gasteiger partial charge in [-0.15, -0.1) is 0 Å². The molecule has 0 spiro atoms. The van der Waals surface area contributed by atoms with Crippen molar-refractivity contribution in [3.05, 3.63) is 48.2 Å². The van der Waals surface area contributed by atoms with Crippen LogP contribution in [0.2, 0.25) is 0 Å². The molecule has 1 aromatic heterocycles. The fraction of sp³-hybridized carbons (Fsp3) is 0.517. The first-order valence-electron chi connectivity index (χ1n) is 13.7. The number of piperazine rings is 2. The van der Waals surface area contributed by atoms with Crippen LogP contribution in [0.15, 0.2) is 42.6 Å². The molecule has 4 rings (SSSR count). The molecular weight excluding hydrogens is 494 g/mol. The van der Waals surface area contributed by atoms with Crippen LogP contribution in [0.25, 0.3) is 0 Å². The number of para-hydroxylation sites is 1. The Morgan fingerprint density at radius 3 is 2.31 bits per heavy atom. The van der Waals surface area contributed by atoms with Gasteiger partial charge in [0.2, 0.25) is 5.91 Å². The van der Waals surface area contributed by atoms with Crippen molar-refractivity contribution in [3.8, 4) is 0 Å². The van der Waals surface area contributed by atoms with E-state index in [1.165, 1.54) is 29.9 Å². The van der Waals surface area contributed by atoms with Crippen molar-refractivity contribution in [1.29, 1.82) is 0 Å². The van der Waals surface area contributed by atoms with Gasteiger partial charge in [0, 0.05) is 63.5 Å². The Kier molecular flexibility index (Phi) is 10.7. The molecule has 0 aliphatic carbocycles. The first-order chi connectivity index (χ1) is 18.6.